The molecule has 12 heavy (non-hydrogen) atoms. The smallest absolute Gasteiger partial charge is 0.348 e. The largest absolute Gasteiger partial charge is 0.477 e. The topological polar surface area (TPSA) is 99.1 Å². The molecule has 0 bridgehead atoms. The van der Waals surface area contributed by atoms with Gasteiger partial charge >= 0.3 is 12.0 Å². The Labute approximate surface area is 66.6 Å². The number of nitrogens with zero attached hydrogens (tertiary/aromatic N) is 2. The van der Waals surface area contributed by atoms with Crippen molar-refractivity contribution in [3.8, 4) is 0 Å². The molecule has 1 saturated heterocycles. The molecule has 0 radical (unpaired) electrons. The molecular weight excluding hydrogens is 166 g/mol. The number of imide groups is 1. The Balaban J connectivity index is 2.59. The molecule has 0 aromatic rings. The number of hydrazone groups is 1. The van der Waals surface area contributed by atoms with Crippen molar-refractivity contribution in [1.29, 1.82) is 0 Å². The third-order valence-corrected chi connectivity index (χ3v) is 1.08. The molecule has 1 aliphatic rings. The molecule has 0 atom stereocenters. The van der Waals surface area contributed by atoms with Crippen molar-refractivity contribution in [3.05, 3.63) is 0 Å². The molecule has 1 fully saturated rings. The van der Waals surface area contributed by atoms with Crippen LogP contribution in [0.25, 0.3) is 0 Å². The molecule has 1 aliphatic heterocycles. The fourth-order valence-electron chi connectivity index (χ4n) is 0.643. The number of carbonyl (C=O) groups is 3. The number of carboxylic acid groups (broad SMARTS) is 1. The molecule has 7 heteroatoms. The quantitative estimate of drug-likeness (QED) is 0.394. The highest BCUT2D eigenvalue weighted by atomic mass is 16.4. The summed E-state index contributed by atoms with van der Waals surface area (Å²) in [5.74, 6) is -1.77. The fraction of sp³-hybridized carbons (Fsp3) is 0.200. The first-order valence-corrected chi connectivity index (χ1v) is 2.98. The van der Waals surface area contributed by atoms with Gasteiger partial charge in [0.2, 0.25) is 5.91 Å². The van der Waals surface area contributed by atoms with Crippen molar-refractivity contribution in [2.75, 3.05) is 6.54 Å². The molecule has 64 valence electrons. The molecule has 3 amide bonds. The lowest BCUT2D eigenvalue weighted by Crippen LogP contribution is -2.24. The van der Waals surface area contributed by atoms with Crippen LogP contribution in [0.4, 0.5) is 4.79 Å². The lowest BCUT2D eigenvalue weighted by atomic mass is 10.6. The van der Waals surface area contributed by atoms with E-state index in [2.05, 4.69) is 5.10 Å². The van der Waals surface area contributed by atoms with E-state index in [-0.39, 0.29) is 6.54 Å². The molecule has 1 heterocycles. The number of hydrogen-bond donors (Lipinski definition) is 2. The van der Waals surface area contributed by atoms with Crippen LogP contribution in [0.1, 0.15) is 0 Å². The Hall–Kier alpha value is -1.92. The standard InChI is InChI=1S/C5H5N3O4/c9-3-2-8(5(12)7-3)6-1-4(10)11/h1H,2H2,(H,10,11)(H,7,9,12). The maximum Gasteiger partial charge on any atom is 0.348 e. The van der Waals surface area contributed by atoms with Gasteiger partial charge in [0.15, 0.2) is 0 Å². The van der Waals surface area contributed by atoms with E-state index in [0.29, 0.717) is 6.21 Å². The second kappa shape index (κ2) is 2.99. The summed E-state index contributed by atoms with van der Waals surface area (Å²) in [5, 5.41) is 14.0. The highest BCUT2D eigenvalue weighted by molar-refractivity contribution is 6.22. The molecule has 0 aromatic carbocycles. The van der Waals surface area contributed by atoms with Crippen LogP contribution in [0.3, 0.4) is 0 Å². The predicted molar refractivity (Wildman–Crippen MR) is 36.4 cm³/mol. The van der Waals surface area contributed by atoms with Crippen LogP contribution in [-0.4, -0.2) is 40.8 Å². The van der Waals surface area contributed by atoms with Crippen molar-refractivity contribution >= 4 is 24.1 Å². The molecule has 0 unspecified atom stereocenters. The maximum absolute atomic E-state index is 10.7. The molecule has 0 aromatic heterocycles. The minimum atomic E-state index is -1.28. The van der Waals surface area contributed by atoms with E-state index >= 15 is 0 Å². The van der Waals surface area contributed by atoms with E-state index in [1.165, 1.54) is 0 Å². The summed E-state index contributed by atoms with van der Waals surface area (Å²) in [7, 11) is 0. The van der Waals surface area contributed by atoms with Crippen LogP contribution in [0.5, 0.6) is 0 Å². The van der Waals surface area contributed by atoms with Crippen molar-refractivity contribution in [2.45, 2.75) is 0 Å². The molecular formula is C5H5N3O4. The van der Waals surface area contributed by atoms with Crippen molar-refractivity contribution < 1.29 is 19.5 Å². The van der Waals surface area contributed by atoms with Crippen LogP contribution in [0.15, 0.2) is 5.10 Å². The van der Waals surface area contributed by atoms with Gasteiger partial charge in [-0.05, 0) is 0 Å². The normalized spacial score (nSPS) is 17.2. The van der Waals surface area contributed by atoms with Gasteiger partial charge in [0, 0.05) is 0 Å². The number of aliphatic carboxylic acids is 1. The van der Waals surface area contributed by atoms with E-state index in [4.69, 9.17) is 5.11 Å². The Morgan fingerprint density at radius 2 is 2.33 bits per heavy atom. The minimum absolute atomic E-state index is 0.234. The van der Waals surface area contributed by atoms with E-state index in [9.17, 15) is 14.4 Å². The van der Waals surface area contributed by atoms with E-state index in [0.717, 1.165) is 5.01 Å². The molecule has 1 rings (SSSR count). The summed E-state index contributed by atoms with van der Waals surface area (Å²) < 4.78 is 0. The number of amides is 3. The van der Waals surface area contributed by atoms with Gasteiger partial charge in [-0.2, -0.15) is 5.10 Å². The summed E-state index contributed by atoms with van der Waals surface area (Å²) in [6.07, 6.45) is 0.540. The first kappa shape index (κ1) is 8.18. The van der Waals surface area contributed by atoms with Crippen molar-refractivity contribution in [3.63, 3.8) is 0 Å². The predicted octanol–water partition coefficient (Wildman–Crippen LogP) is -1.39. The second-order valence-electron chi connectivity index (χ2n) is 1.99. The van der Waals surface area contributed by atoms with Crippen molar-refractivity contribution in [1.82, 2.24) is 10.3 Å². The van der Waals surface area contributed by atoms with Crippen molar-refractivity contribution in [2.24, 2.45) is 5.10 Å². The molecule has 7 nitrogen and oxygen atoms in total. The van der Waals surface area contributed by atoms with Gasteiger partial charge in [-0.1, -0.05) is 0 Å². The SMILES string of the molecule is O=C(O)C=NN1CC(=O)NC1=O. The number of rotatable bonds is 2. The third-order valence-electron chi connectivity index (χ3n) is 1.08. The number of hydrogen-bond acceptors (Lipinski definition) is 4. The van der Waals surface area contributed by atoms with E-state index in [1.54, 1.807) is 0 Å². The van der Waals surface area contributed by atoms with Gasteiger partial charge in [-0.15, -0.1) is 0 Å². The first-order chi connectivity index (χ1) is 5.59. The molecule has 0 saturated carbocycles. The minimum Gasteiger partial charge on any atom is -0.477 e. The zero-order chi connectivity index (χ0) is 9.14. The fourth-order valence-corrected chi connectivity index (χ4v) is 0.643. The first-order valence-electron chi connectivity index (χ1n) is 2.98. The van der Waals surface area contributed by atoms with Crippen LogP contribution >= 0.6 is 0 Å². The highest BCUT2D eigenvalue weighted by Crippen LogP contribution is 1.96. The average Bonchev–Trinajstić information content (AvgIpc) is 2.26. The summed E-state index contributed by atoms with van der Waals surface area (Å²) in [5.41, 5.74) is 0. The lowest BCUT2D eigenvalue weighted by Gasteiger charge is -2.01. The Morgan fingerprint density at radius 1 is 1.67 bits per heavy atom. The summed E-state index contributed by atoms with van der Waals surface area (Å²) in [4.78, 5) is 31.1. The van der Waals surface area contributed by atoms with Gasteiger partial charge in [0.05, 0.1) is 0 Å². The summed E-state index contributed by atoms with van der Waals surface area (Å²) in [6.45, 7) is -0.234. The summed E-state index contributed by atoms with van der Waals surface area (Å²) in [6, 6.07) is -0.711. The third kappa shape index (κ3) is 1.78. The van der Waals surface area contributed by atoms with Gasteiger partial charge in [-0.25, -0.2) is 14.6 Å². The summed E-state index contributed by atoms with van der Waals surface area (Å²) >= 11 is 0. The molecule has 0 spiro atoms. The van der Waals surface area contributed by atoms with Crippen LogP contribution < -0.4 is 5.32 Å². The lowest BCUT2D eigenvalue weighted by molar-refractivity contribution is -0.129. The van der Waals surface area contributed by atoms with Crippen LogP contribution in [-0.2, 0) is 9.59 Å². The van der Waals surface area contributed by atoms with E-state index < -0.39 is 17.9 Å². The monoisotopic (exact) mass is 171 g/mol. The number of carboxylic acids is 1. The number of urea groups is 1. The van der Waals surface area contributed by atoms with E-state index in [1.807, 2.05) is 5.32 Å². The molecule has 0 aliphatic carbocycles. The Bertz CT molecular complexity index is 272. The average molecular weight is 171 g/mol. The molecule has 2 N–H and O–H groups in total. The number of nitrogens with one attached hydrogen (secondary N) is 1. The van der Waals surface area contributed by atoms with Gasteiger partial charge < -0.3 is 5.11 Å². The van der Waals surface area contributed by atoms with Gasteiger partial charge in [0.1, 0.15) is 12.8 Å². The maximum atomic E-state index is 10.7. The highest BCUT2D eigenvalue weighted by Gasteiger charge is 2.25. The van der Waals surface area contributed by atoms with Gasteiger partial charge in [-0.3, -0.25) is 10.1 Å². The Morgan fingerprint density at radius 3 is 2.75 bits per heavy atom. The zero-order valence-corrected chi connectivity index (χ0v) is 5.85. The number of carbonyl (C=O) groups excluding carboxylic acids is 2. The van der Waals surface area contributed by atoms with Crippen LogP contribution in [0, 0.1) is 0 Å². The van der Waals surface area contributed by atoms with Gasteiger partial charge in [0.25, 0.3) is 0 Å². The van der Waals surface area contributed by atoms with Crippen LogP contribution in [0.2, 0.25) is 0 Å². The zero-order valence-electron chi connectivity index (χ0n) is 5.85. The second-order valence-corrected chi connectivity index (χ2v) is 1.99. The Kier molecular flexibility index (Phi) is 2.04.